The number of primary amides is 1. The van der Waals surface area contributed by atoms with Crippen LogP contribution in [-0.4, -0.2) is 29.0 Å². The zero-order valence-electron chi connectivity index (χ0n) is 13.7. The normalized spacial score (nSPS) is 16.7. The first-order valence-corrected chi connectivity index (χ1v) is 8.10. The molecule has 22 heavy (non-hydrogen) atoms. The van der Waals surface area contributed by atoms with Gasteiger partial charge < -0.3 is 15.2 Å². The largest absolute Gasteiger partial charge is 0.370 e. The zero-order valence-corrected chi connectivity index (χ0v) is 13.7. The van der Waals surface area contributed by atoms with Gasteiger partial charge in [0.2, 0.25) is 5.91 Å². The van der Waals surface area contributed by atoms with E-state index in [2.05, 4.69) is 48.6 Å². The summed E-state index contributed by atoms with van der Waals surface area (Å²) in [5, 5.41) is 1.34. The number of nitrogens with two attached hydrogens (primary N) is 1. The van der Waals surface area contributed by atoms with Crippen LogP contribution in [0.25, 0.3) is 10.9 Å². The summed E-state index contributed by atoms with van der Waals surface area (Å²) >= 11 is 0. The predicted octanol–water partition coefficient (Wildman–Crippen LogP) is 2.76. The van der Waals surface area contributed by atoms with E-state index in [9.17, 15) is 4.79 Å². The van der Waals surface area contributed by atoms with Gasteiger partial charge in [-0.25, -0.2) is 0 Å². The van der Waals surface area contributed by atoms with Crippen LogP contribution < -0.4 is 5.73 Å². The van der Waals surface area contributed by atoms with E-state index in [1.165, 1.54) is 27.7 Å². The second-order valence-corrected chi connectivity index (χ2v) is 6.54. The van der Waals surface area contributed by atoms with Crippen LogP contribution in [0, 0.1) is 6.92 Å². The van der Waals surface area contributed by atoms with Crippen molar-refractivity contribution in [1.82, 2.24) is 9.47 Å². The third kappa shape index (κ3) is 2.52. The highest BCUT2D eigenvalue weighted by Crippen LogP contribution is 2.35. The number of amides is 1. The topological polar surface area (TPSA) is 51.3 Å². The number of hydrogen-bond donors (Lipinski definition) is 1. The third-order valence-electron chi connectivity index (χ3n) is 4.81. The van der Waals surface area contributed by atoms with E-state index in [0.29, 0.717) is 6.42 Å². The summed E-state index contributed by atoms with van der Waals surface area (Å²) in [5.41, 5.74) is 10.8. The van der Waals surface area contributed by atoms with Gasteiger partial charge in [-0.15, -0.1) is 0 Å². The molecule has 118 valence electrons. The molecule has 0 saturated carbocycles. The Labute approximate surface area is 131 Å². The highest BCUT2D eigenvalue weighted by Gasteiger charge is 2.26. The average molecular weight is 299 g/mol. The summed E-state index contributed by atoms with van der Waals surface area (Å²) < 4.78 is 2.39. The van der Waals surface area contributed by atoms with Crippen LogP contribution in [0.15, 0.2) is 18.2 Å². The van der Waals surface area contributed by atoms with Gasteiger partial charge in [0, 0.05) is 48.6 Å². The van der Waals surface area contributed by atoms with Gasteiger partial charge in [0.1, 0.15) is 0 Å². The standard InChI is InChI=1S/C18H25N3O/c1-4-13(10-18(19)22)21-16-6-5-12(2)9-14(16)15-11-20(3)8-7-17(15)21/h5-6,9,13H,4,7-8,10-11H2,1-3H3,(H2,19,22). The number of nitrogens with zero attached hydrogens (tertiary/aromatic N) is 2. The number of fused-ring (bicyclic) bond motifs is 3. The molecule has 1 aromatic heterocycles. The summed E-state index contributed by atoms with van der Waals surface area (Å²) in [4.78, 5) is 13.8. The number of carbonyl (C=O) groups is 1. The van der Waals surface area contributed by atoms with E-state index in [4.69, 9.17) is 5.73 Å². The zero-order chi connectivity index (χ0) is 15.9. The maximum Gasteiger partial charge on any atom is 0.219 e. The summed E-state index contributed by atoms with van der Waals surface area (Å²) in [5.74, 6) is -0.220. The van der Waals surface area contributed by atoms with E-state index >= 15 is 0 Å². The molecule has 0 saturated heterocycles. The average Bonchev–Trinajstić information content (AvgIpc) is 2.78. The molecule has 2 aromatic rings. The van der Waals surface area contributed by atoms with Crippen molar-refractivity contribution in [3.63, 3.8) is 0 Å². The minimum atomic E-state index is -0.220. The van der Waals surface area contributed by atoms with Crippen molar-refractivity contribution in [2.45, 2.75) is 45.7 Å². The molecule has 4 nitrogen and oxygen atoms in total. The Kier molecular flexibility index (Phi) is 3.96. The monoisotopic (exact) mass is 299 g/mol. The first-order chi connectivity index (χ1) is 10.5. The molecule has 1 unspecified atom stereocenters. The molecule has 1 amide bonds. The van der Waals surface area contributed by atoms with Crippen LogP contribution >= 0.6 is 0 Å². The van der Waals surface area contributed by atoms with Gasteiger partial charge in [0.15, 0.2) is 0 Å². The minimum absolute atomic E-state index is 0.162. The van der Waals surface area contributed by atoms with E-state index in [1.807, 2.05) is 0 Å². The molecule has 1 atom stereocenters. The van der Waals surface area contributed by atoms with Gasteiger partial charge in [-0.05, 0) is 38.1 Å². The second kappa shape index (κ2) is 5.76. The lowest BCUT2D eigenvalue weighted by molar-refractivity contribution is -0.118. The fourth-order valence-corrected chi connectivity index (χ4v) is 3.71. The molecule has 1 aliphatic rings. The van der Waals surface area contributed by atoms with Gasteiger partial charge in [0.25, 0.3) is 0 Å². The van der Waals surface area contributed by atoms with Gasteiger partial charge in [-0.3, -0.25) is 4.79 Å². The Balaban J connectivity index is 2.22. The molecule has 0 fully saturated rings. The lowest BCUT2D eigenvalue weighted by atomic mass is 10.0. The van der Waals surface area contributed by atoms with Crippen molar-refractivity contribution in [3.05, 3.63) is 35.0 Å². The van der Waals surface area contributed by atoms with Crippen molar-refractivity contribution in [3.8, 4) is 0 Å². The number of aromatic nitrogens is 1. The number of hydrogen-bond acceptors (Lipinski definition) is 2. The van der Waals surface area contributed by atoms with Crippen LogP contribution in [0.2, 0.25) is 0 Å². The maximum atomic E-state index is 11.5. The second-order valence-electron chi connectivity index (χ2n) is 6.54. The summed E-state index contributed by atoms with van der Waals surface area (Å²) in [6.45, 7) is 6.32. The van der Waals surface area contributed by atoms with Crippen molar-refractivity contribution in [1.29, 1.82) is 0 Å². The maximum absolute atomic E-state index is 11.5. The SMILES string of the molecule is CCC(CC(N)=O)n1c2c(c3cc(C)ccc31)CN(C)CC2. The highest BCUT2D eigenvalue weighted by molar-refractivity contribution is 5.87. The van der Waals surface area contributed by atoms with Crippen LogP contribution in [0.1, 0.15) is 42.6 Å². The lowest BCUT2D eigenvalue weighted by Crippen LogP contribution is -2.28. The number of aryl methyl sites for hydroxylation is 1. The Morgan fingerprint density at radius 3 is 2.86 bits per heavy atom. The van der Waals surface area contributed by atoms with Gasteiger partial charge >= 0.3 is 0 Å². The third-order valence-corrected chi connectivity index (χ3v) is 4.81. The van der Waals surface area contributed by atoms with Crippen LogP contribution in [0.4, 0.5) is 0 Å². The molecule has 0 radical (unpaired) electrons. The molecule has 1 aromatic carbocycles. The van der Waals surface area contributed by atoms with Crippen LogP contribution in [0.3, 0.4) is 0 Å². The summed E-state index contributed by atoms with van der Waals surface area (Å²) in [6, 6.07) is 6.80. The molecule has 0 aliphatic carbocycles. The van der Waals surface area contributed by atoms with Crippen molar-refractivity contribution < 1.29 is 4.79 Å². The van der Waals surface area contributed by atoms with Crippen molar-refractivity contribution >= 4 is 16.8 Å². The lowest BCUT2D eigenvalue weighted by Gasteiger charge is -2.27. The van der Waals surface area contributed by atoms with Gasteiger partial charge in [-0.1, -0.05) is 18.6 Å². The van der Waals surface area contributed by atoms with E-state index < -0.39 is 0 Å². The predicted molar refractivity (Wildman–Crippen MR) is 89.9 cm³/mol. The van der Waals surface area contributed by atoms with Gasteiger partial charge in [0.05, 0.1) is 0 Å². The fraction of sp³-hybridized carbons (Fsp3) is 0.500. The Hall–Kier alpha value is -1.81. The molecule has 1 aliphatic heterocycles. The first kappa shape index (κ1) is 15.1. The first-order valence-electron chi connectivity index (χ1n) is 8.10. The number of likely N-dealkylation sites (N-methyl/N-ethyl adjacent to an activating group) is 1. The molecule has 2 heterocycles. The highest BCUT2D eigenvalue weighted by atomic mass is 16.1. The van der Waals surface area contributed by atoms with E-state index in [0.717, 1.165) is 25.9 Å². The van der Waals surface area contributed by atoms with E-state index in [-0.39, 0.29) is 11.9 Å². The Morgan fingerprint density at radius 1 is 1.41 bits per heavy atom. The molecule has 4 heteroatoms. The molecular formula is C18H25N3O. The van der Waals surface area contributed by atoms with Crippen molar-refractivity contribution in [2.24, 2.45) is 5.73 Å². The van der Waals surface area contributed by atoms with Gasteiger partial charge in [-0.2, -0.15) is 0 Å². The molecule has 0 spiro atoms. The molecule has 0 bridgehead atoms. The Bertz CT molecular complexity index is 717. The molecular weight excluding hydrogens is 274 g/mol. The number of carbonyl (C=O) groups excluding carboxylic acids is 1. The Morgan fingerprint density at radius 2 is 2.18 bits per heavy atom. The molecule has 3 rings (SSSR count). The number of rotatable bonds is 4. The molecule has 2 N–H and O–H groups in total. The summed E-state index contributed by atoms with van der Waals surface area (Å²) in [7, 11) is 2.17. The quantitative estimate of drug-likeness (QED) is 0.944. The number of benzene rings is 1. The van der Waals surface area contributed by atoms with E-state index in [1.54, 1.807) is 0 Å². The fourth-order valence-electron chi connectivity index (χ4n) is 3.71. The van der Waals surface area contributed by atoms with Crippen LogP contribution in [-0.2, 0) is 17.8 Å². The van der Waals surface area contributed by atoms with Crippen molar-refractivity contribution in [2.75, 3.05) is 13.6 Å². The van der Waals surface area contributed by atoms with Crippen LogP contribution in [0.5, 0.6) is 0 Å². The summed E-state index contributed by atoms with van der Waals surface area (Å²) in [6.07, 6.45) is 2.37. The minimum Gasteiger partial charge on any atom is -0.370 e. The smallest absolute Gasteiger partial charge is 0.219 e.